The van der Waals surface area contributed by atoms with Gasteiger partial charge in [-0.1, -0.05) is 48.5 Å². The number of hydrogen-bond acceptors (Lipinski definition) is 2. The first kappa shape index (κ1) is 11.7. The van der Waals surface area contributed by atoms with Gasteiger partial charge in [0.1, 0.15) is 5.76 Å². The first-order valence-electron chi connectivity index (χ1n) is 6.38. The molecule has 3 aromatic rings. The molecular formula is C17H15NO. The minimum absolute atomic E-state index is 0.698. The summed E-state index contributed by atoms with van der Waals surface area (Å²) < 4.78 is 5.89. The molecule has 0 atom stereocenters. The van der Waals surface area contributed by atoms with Crippen molar-refractivity contribution in [3.63, 3.8) is 0 Å². The van der Waals surface area contributed by atoms with Crippen molar-refractivity contribution in [2.24, 2.45) is 0 Å². The Morgan fingerprint density at radius 2 is 1.53 bits per heavy atom. The number of nitrogens with zero attached hydrogens (tertiary/aromatic N) is 1. The molecule has 0 bridgehead atoms. The average Bonchev–Trinajstić information content (AvgIpc) is 2.82. The van der Waals surface area contributed by atoms with E-state index < -0.39 is 0 Å². The van der Waals surface area contributed by atoms with Gasteiger partial charge in [0.2, 0.25) is 5.89 Å². The molecule has 0 saturated heterocycles. The standard InChI is InChI=1S/C17H15NO/c1-13-16(12-14-8-4-2-5-9-14)19-17(18-13)15-10-6-3-7-11-15/h2-11H,12H2,1H3. The third-order valence-corrected chi connectivity index (χ3v) is 3.12. The van der Waals surface area contributed by atoms with Gasteiger partial charge in [0.15, 0.2) is 0 Å². The summed E-state index contributed by atoms with van der Waals surface area (Å²) in [6, 6.07) is 20.3. The average molecular weight is 249 g/mol. The third-order valence-electron chi connectivity index (χ3n) is 3.12. The Morgan fingerprint density at radius 3 is 2.21 bits per heavy atom. The van der Waals surface area contributed by atoms with Crippen molar-refractivity contribution < 1.29 is 4.42 Å². The van der Waals surface area contributed by atoms with Crippen molar-refractivity contribution in [1.82, 2.24) is 4.98 Å². The number of rotatable bonds is 3. The number of benzene rings is 2. The van der Waals surface area contributed by atoms with Crippen LogP contribution in [0.1, 0.15) is 17.0 Å². The minimum Gasteiger partial charge on any atom is -0.441 e. The molecule has 2 nitrogen and oxygen atoms in total. The summed E-state index contributed by atoms with van der Waals surface area (Å²) in [5.74, 6) is 1.63. The van der Waals surface area contributed by atoms with Crippen LogP contribution in [-0.2, 0) is 6.42 Å². The van der Waals surface area contributed by atoms with E-state index in [1.807, 2.05) is 55.5 Å². The van der Waals surface area contributed by atoms with E-state index in [0.29, 0.717) is 5.89 Å². The molecule has 0 aliphatic rings. The Labute approximate surface area is 112 Å². The molecule has 3 rings (SSSR count). The van der Waals surface area contributed by atoms with Gasteiger partial charge >= 0.3 is 0 Å². The Hall–Kier alpha value is -2.35. The fraction of sp³-hybridized carbons (Fsp3) is 0.118. The predicted octanol–water partition coefficient (Wildman–Crippen LogP) is 4.24. The summed E-state index contributed by atoms with van der Waals surface area (Å²) >= 11 is 0. The normalized spacial score (nSPS) is 10.6. The molecule has 0 aliphatic carbocycles. The predicted molar refractivity (Wildman–Crippen MR) is 75.9 cm³/mol. The summed E-state index contributed by atoms with van der Waals surface area (Å²) in [5, 5.41) is 0. The van der Waals surface area contributed by atoms with Crippen molar-refractivity contribution in [1.29, 1.82) is 0 Å². The van der Waals surface area contributed by atoms with Crippen molar-refractivity contribution in [3.8, 4) is 11.5 Å². The van der Waals surface area contributed by atoms with E-state index in [9.17, 15) is 0 Å². The largest absolute Gasteiger partial charge is 0.441 e. The van der Waals surface area contributed by atoms with Crippen LogP contribution in [0.2, 0.25) is 0 Å². The van der Waals surface area contributed by atoms with Crippen LogP contribution in [0.4, 0.5) is 0 Å². The molecule has 0 saturated carbocycles. The van der Waals surface area contributed by atoms with E-state index in [1.54, 1.807) is 0 Å². The van der Waals surface area contributed by atoms with Gasteiger partial charge in [-0.3, -0.25) is 0 Å². The van der Waals surface area contributed by atoms with Crippen LogP contribution >= 0.6 is 0 Å². The van der Waals surface area contributed by atoms with E-state index in [4.69, 9.17) is 4.42 Å². The lowest BCUT2D eigenvalue weighted by Gasteiger charge is -1.98. The maximum atomic E-state index is 5.89. The van der Waals surface area contributed by atoms with E-state index in [0.717, 1.165) is 23.4 Å². The summed E-state index contributed by atoms with van der Waals surface area (Å²) in [4.78, 5) is 4.51. The molecule has 19 heavy (non-hydrogen) atoms. The van der Waals surface area contributed by atoms with Gasteiger partial charge in [0.05, 0.1) is 5.69 Å². The van der Waals surface area contributed by atoms with Crippen LogP contribution in [0.5, 0.6) is 0 Å². The molecule has 0 amide bonds. The smallest absolute Gasteiger partial charge is 0.226 e. The minimum atomic E-state index is 0.698. The highest BCUT2D eigenvalue weighted by molar-refractivity contribution is 5.53. The number of aromatic nitrogens is 1. The Bertz CT molecular complexity index is 656. The second-order valence-corrected chi connectivity index (χ2v) is 4.56. The van der Waals surface area contributed by atoms with E-state index in [-0.39, 0.29) is 0 Å². The van der Waals surface area contributed by atoms with Crippen LogP contribution < -0.4 is 0 Å². The highest BCUT2D eigenvalue weighted by atomic mass is 16.4. The summed E-state index contributed by atoms with van der Waals surface area (Å²) in [6.45, 7) is 1.99. The molecular weight excluding hydrogens is 234 g/mol. The topological polar surface area (TPSA) is 26.0 Å². The SMILES string of the molecule is Cc1nc(-c2ccccc2)oc1Cc1ccccc1. The molecule has 1 aromatic heterocycles. The highest BCUT2D eigenvalue weighted by Crippen LogP contribution is 2.23. The molecule has 94 valence electrons. The number of hydrogen-bond donors (Lipinski definition) is 0. The fourth-order valence-electron chi connectivity index (χ4n) is 2.08. The summed E-state index contributed by atoms with van der Waals surface area (Å²) in [7, 11) is 0. The molecule has 2 aromatic carbocycles. The highest BCUT2D eigenvalue weighted by Gasteiger charge is 2.11. The maximum absolute atomic E-state index is 5.89. The molecule has 0 N–H and O–H groups in total. The first-order valence-corrected chi connectivity index (χ1v) is 6.38. The van der Waals surface area contributed by atoms with Crippen LogP contribution in [0.15, 0.2) is 65.1 Å². The lowest BCUT2D eigenvalue weighted by molar-refractivity contribution is 0.527. The van der Waals surface area contributed by atoms with E-state index in [1.165, 1.54) is 5.56 Å². The quantitative estimate of drug-likeness (QED) is 0.694. The lowest BCUT2D eigenvalue weighted by Crippen LogP contribution is -1.87. The molecule has 0 unspecified atom stereocenters. The molecule has 0 fully saturated rings. The Balaban J connectivity index is 1.90. The second-order valence-electron chi connectivity index (χ2n) is 4.56. The van der Waals surface area contributed by atoms with Gasteiger partial charge in [0.25, 0.3) is 0 Å². The van der Waals surface area contributed by atoms with E-state index in [2.05, 4.69) is 17.1 Å². The van der Waals surface area contributed by atoms with Crippen LogP contribution in [0, 0.1) is 6.92 Å². The van der Waals surface area contributed by atoms with E-state index >= 15 is 0 Å². The molecule has 0 radical (unpaired) electrons. The number of aryl methyl sites for hydroxylation is 1. The third kappa shape index (κ3) is 2.58. The van der Waals surface area contributed by atoms with Gasteiger partial charge in [-0.15, -0.1) is 0 Å². The van der Waals surface area contributed by atoms with Crippen molar-refractivity contribution in [3.05, 3.63) is 77.7 Å². The first-order chi connectivity index (χ1) is 9.33. The van der Waals surface area contributed by atoms with Gasteiger partial charge in [-0.05, 0) is 24.6 Å². The zero-order valence-electron chi connectivity index (χ0n) is 10.8. The van der Waals surface area contributed by atoms with Crippen LogP contribution in [0.25, 0.3) is 11.5 Å². The lowest BCUT2D eigenvalue weighted by atomic mass is 10.1. The second kappa shape index (κ2) is 5.11. The molecule has 2 heteroatoms. The monoisotopic (exact) mass is 249 g/mol. The van der Waals surface area contributed by atoms with Gasteiger partial charge in [0, 0.05) is 12.0 Å². The van der Waals surface area contributed by atoms with Crippen LogP contribution in [-0.4, -0.2) is 4.98 Å². The molecule has 1 heterocycles. The summed E-state index contributed by atoms with van der Waals surface area (Å²) in [5.41, 5.74) is 3.22. The van der Waals surface area contributed by atoms with Crippen molar-refractivity contribution >= 4 is 0 Å². The van der Waals surface area contributed by atoms with Gasteiger partial charge in [-0.2, -0.15) is 0 Å². The fourth-order valence-corrected chi connectivity index (χ4v) is 2.08. The Kier molecular flexibility index (Phi) is 3.15. The number of oxazole rings is 1. The zero-order chi connectivity index (χ0) is 13.1. The van der Waals surface area contributed by atoms with Crippen LogP contribution in [0.3, 0.4) is 0 Å². The molecule has 0 spiro atoms. The Morgan fingerprint density at radius 1 is 0.895 bits per heavy atom. The summed E-state index contributed by atoms with van der Waals surface area (Å²) in [6.07, 6.45) is 0.784. The van der Waals surface area contributed by atoms with Crippen molar-refractivity contribution in [2.45, 2.75) is 13.3 Å². The van der Waals surface area contributed by atoms with Gasteiger partial charge < -0.3 is 4.42 Å². The van der Waals surface area contributed by atoms with Gasteiger partial charge in [-0.25, -0.2) is 4.98 Å². The maximum Gasteiger partial charge on any atom is 0.226 e. The molecule has 0 aliphatic heterocycles. The van der Waals surface area contributed by atoms with Crippen molar-refractivity contribution in [2.75, 3.05) is 0 Å². The zero-order valence-corrected chi connectivity index (χ0v) is 10.8.